The number of terminal acetylenes is 1. The van der Waals surface area contributed by atoms with Gasteiger partial charge in [-0.3, -0.25) is 0 Å². The summed E-state index contributed by atoms with van der Waals surface area (Å²) in [5.41, 5.74) is 10.8. The highest BCUT2D eigenvalue weighted by atomic mass is 15.0. The molecule has 0 bridgehead atoms. The number of aromatic nitrogens is 2. The second-order valence-electron chi connectivity index (χ2n) is 11.6. The summed E-state index contributed by atoms with van der Waals surface area (Å²) in [7, 11) is 0. The molecule has 0 spiro atoms. The SMILES string of the molecule is C#C/C=C\C=C(/Cn1c2ccccc2c2cc(C#N)ccc21)c1cccc(-n2c3ccccc3c3ccccc32)c1-c1ccccc1. The highest BCUT2D eigenvalue weighted by Gasteiger charge is 2.20. The predicted molar refractivity (Wildman–Crippen MR) is 196 cm³/mol. The lowest BCUT2D eigenvalue weighted by molar-refractivity contribution is 0.914. The lowest BCUT2D eigenvalue weighted by Crippen LogP contribution is -2.05. The van der Waals surface area contributed by atoms with Crippen molar-refractivity contribution in [3.63, 3.8) is 0 Å². The van der Waals surface area contributed by atoms with E-state index in [-0.39, 0.29) is 0 Å². The number of fused-ring (bicyclic) bond motifs is 6. The van der Waals surface area contributed by atoms with Crippen LogP contribution in [0.3, 0.4) is 0 Å². The average molecular weight is 600 g/mol. The van der Waals surface area contributed by atoms with E-state index >= 15 is 0 Å². The van der Waals surface area contributed by atoms with Crippen molar-refractivity contribution < 1.29 is 0 Å². The van der Waals surface area contributed by atoms with Crippen molar-refractivity contribution in [2.24, 2.45) is 0 Å². The van der Waals surface area contributed by atoms with Gasteiger partial charge in [-0.15, -0.1) is 6.42 Å². The van der Waals surface area contributed by atoms with Gasteiger partial charge >= 0.3 is 0 Å². The fourth-order valence-corrected chi connectivity index (χ4v) is 7.00. The molecule has 0 aliphatic rings. The van der Waals surface area contributed by atoms with Crippen molar-refractivity contribution in [3.8, 4) is 35.2 Å². The van der Waals surface area contributed by atoms with Crippen LogP contribution in [-0.4, -0.2) is 9.13 Å². The van der Waals surface area contributed by atoms with Crippen molar-refractivity contribution in [2.45, 2.75) is 6.54 Å². The molecule has 2 aromatic heterocycles. The third kappa shape index (κ3) is 4.70. The van der Waals surface area contributed by atoms with Gasteiger partial charge in [0.05, 0.1) is 28.4 Å². The van der Waals surface area contributed by atoms with Crippen molar-refractivity contribution in [1.29, 1.82) is 5.26 Å². The first-order valence-electron chi connectivity index (χ1n) is 15.7. The molecule has 0 saturated carbocycles. The Morgan fingerprint density at radius 1 is 0.638 bits per heavy atom. The Bertz CT molecular complexity index is 2560. The van der Waals surface area contributed by atoms with Crippen molar-refractivity contribution >= 4 is 49.2 Å². The van der Waals surface area contributed by atoms with Gasteiger partial charge in [0.15, 0.2) is 0 Å². The van der Waals surface area contributed by atoms with Crippen LogP contribution in [-0.2, 0) is 6.54 Å². The van der Waals surface area contributed by atoms with Crippen LogP contribution in [0.2, 0.25) is 0 Å². The van der Waals surface area contributed by atoms with Gasteiger partial charge in [0.25, 0.3) is 0 Å². The van der Waals surface area contributed by atoms with E-state index in [4.69, 9.17) is 6.42 Å². The quantitative estimate of drug-likeness (QED) is 0.138. The Kier molecular flexibility index (Phi) is 6.99. The summed E-state index contributed by atoms with van der Waals surface area (Å²) in [6, 6.07) is 51.2. The van der Waals surface area contributed by atoms with Gasteiger partial charge in [-0.25, -0.2) is 0 Å². The van der Waals surface area contributed by atoms with Gasteiger partial charge in [-0.2, -0.15) is 5.26 Å². The molecule has 0 radical (unpaired) electrons. The second kappa shape index (κ2) is 11.8. The number of nitrogens with zero attached hydrogens (tertiary/aromatic N) is 3. The molecule has 0 amide bonds. The van der Waals surface area contributed by atoms with E-state index < -0.39 is 0 Å². The zero-order chi connectivity index (χ0) is 31.7. The van der Waals surface area contributed by atoms with Crippen LogP contribution in [0.1, 0.15) is 11.1 Å². The zero-order valence-electron chi connectivity index (χ0n) is 25.6. The highest BCUT2D eigenvalue weighted by molar-refractivity contribution is 6.11. The Morgan fingerprint density at radius 3 is 1.94 bits per heavy atom. The minimum Gasteiger partial charge on any atom is -0.336 e. The van der Waals surface area contributed by atoms with E-state index in [0.29, 0.717) is 12.1 Å². The first-order chi connectivity index (χ1) is 23.3. The van der Waals surface area contributed by atoms with E-state index in [1.165, 1.54) is 10.8 Å². The summed E-state index contributed by atoms with van der Waals surface area (Å²) in [6.07, 6.45) is 11.5. The van der Waals surface area contributed by atoms with Crippen LogP contribution in [0, 0.1) is 23.7 Å². The molecule has 8 rings (SSSR count). The van der Waals surface area contributed by atoms with Crippen LogP contribution in [0.25, 0.3) is 66.0 Å². The number of hydrogen-bond donors (Lipinski definition) is 0. The van der Waals surface area contributed by atoms with Crippen LogP contribution in [0.15, 0.2) is 158 Å². The topological polar surface area (TPSA) is 33.6 Å². The molecule has 0 fully saturated rings. The molecule has 47 heavy (non-hydrogen) atoms. The molecule has 2 heterocycles. The third-order valence-electron chi connectivity index (χ3n) is 8.99. The third-order valence-corrected chi connectivity index (χ3v) is 8.99. The summed E-state index contributed by atoms with van der Waals surface area (Å²) in [5.74, 6) is 2.66. The molecule has 3 heteroatoms. The summed E-state index contributed by atoms with van der Waals surface area (Å²) >= 11 is 0. The van der Waals surface area contributed by atoms with Crippen molar-refractivity contribution in [1.82, 2.24) is 9.13 Å². The molecule has 0 unspecified atom stereocenters. The van der Waals surface area contributed by atoms with Gasteiger partial charge in [0.1, 0.15) is 0 Å². The Balaban J connectivity index is 1.42. The summed E-state index contributed by atoms with van der Waals surface area (Å²) in [5, 5.41) is 14.3. The van der Waals surface area contributed by atoms with Crippen LogP contribution in [0.5, 0.6) is 0 Å². The summed E-state index contributed by atoms with van der Waals surface area (Å²) in [4.78, 5) is 0. The monoisotopic (exact) mass is 599 g/mol. The maximum absolute atomic E-state index is 9.67. The van der Waals surface area contributed by atoms with Gasteiger partial charge in [-0.05, 0) is 65.2 Å². The number of hydrogen-bond acceptors (Lipinski definition) is 1. The normalized spacial score (nSPS) is 11.9. The molecule has 8 aromatic rings. The predicted octanol–water partition coefficient (Wildman–Crippen LogP) is 10.7. The summed E-state index contributed by atoms with van der Waals surface area (Å²) < 4.78 is 4.75. The minimum atomic E-state index is 0.598. The fourth-order valence-electron chi connectivity index (χ4n) is 7.00. The van der Waals surface area contributed by atoms with Crippen LogP contribution in [0.4, 0.5) is 0 Å². The van der Waals surface area contributed by atoms with E-state index in [2.05, 4.69) is 155 Å². The first kappa shape index (κ1) is 28.0. The minimum absolute atomic E-state index is 0.598. The lowest BCUT2D eigenvalue weighted by atomic mass is 9.92. The number of allylic oxidation sites excluding steroid dienone is 4. The van der Waals surface area contributed by atoms with Crippen LogP contribution < -0.4 is 0 Å². The number of rotatable bonds is 6. The van der Waals surface area contributed by atoms with E-state index in [9.17, 15) is 5.26 Å². The molecule has 0 saturated heterocycles. The largest absolute Gasteiger partial charge is 0.336 e. The molecular weight excluding hydrogens is 571 g/mol. The smallest absolute Gasteiger partial charge is 0.0991 e. The van der Waals surface area contributed by atoms with Gasteiger partial charge in [0.2, 0.25) is 0 Å². The Hall–Kier alpha value is -6.55. The highest BCUT2D eigenvalue weighted by Crippen LogP contribution is 2.41. The van der Waals surface area contributed by atoms with Crippen molar-refractivity contribution in [3.05, 3.63) is 169 Å². The Labute approximate surface area is 273 Å². The first-order valence-corrected chi connectivity index (χ1v) is 15.7. The van der Waals surface area contributed by atoms with E-state index in [1.54, 1.807) is 6.08 Å². The summed E-state index contributed by atoms with van der Waals surface area (Å²) in [6.45, 7) is 0.598. The van der Waals surface area contributed by atoms with Gasteiger partial charge < -0.3 is 9.13 Å². The van der Waals surface area contributed by atoms with E-state index in [0.717, 1.165) is 60.8 Å². The average Bonchev–Trinajstić information content (AvgIpc) is 3.63. The van der Waals surface area contributed by atoms with Crippen molar-refractivity contribution in [2.75, 3.05) is 0 Å². The Morgan fingerprint density at radius 2 is 1.26 bits per heavy atom. The lowest BCUT2D eigenvalue weighted by Gasteiger charge is -2.21. The molecule has 3 nitrogen and oxygen atoms in total. The maximum atomic E-state index is 9.67. The molecule has 6 aromatic carbocycles. The number of nitriles is 1. The van der Waals surface area contributed by atoms with Crippen LogP contribution >= 0.6 is 0 Å². The molecular formula is C44H29N3. The fraction of sp³-hybridized carbons (Fsp3) is 0.0227. The molecule has 0 aliphatic heterocycles. The second-order valence-corrected chi connectivity index (χ2v) is 11.6. The number of para-hydroxylation sites is 3. The zero-order valence-corrected chi connectivity index (χ0v) is 25.6. The molecule has 0 aliphatic carbocycles. The molecule has 220 valence electrons. The van der Waals surface area contributed by atoms with Gasteiger partial charge in [-0.1, -0.05) is 115 Å². The number of benzene rings is 6. The molecule has 0 atom stereocenters. The maximum Gasteiger partial charge on any atom is 0.0991 e. The molecule has 0 N–H and O–H groups in total. The standard InChI is InChI=1S/C44H29N3/c1-2-3-5-17-33(30-46-39-22-11-8-20-37(39)38-28-31(29-45)26-27-40(38)46)34-21-14-25-43(44(34)32-15-6-4-7-16-32)47-41-23-12-9-18-35(41)36-19-10-13-24-42(36)47/h1,3-28H,30H2/b5-3-,33-17+. The van der Waals surface area contributed by atoms with Gasteiger partial charge in [0, 0.05) is 44.7 Å². The van der Waals surface area contributed by atoms with E-state index in [1.807, 2.05) is 18.2 Å².